The molecule has 90 valence electrons. The minimum Gasteiger partial charge on any atom is -0.387 e. The van der Waals surface area contributed by atoms with Crippen molar-refractivity contribution in [1.29, 1.82) is 0 Å². The molecule has 0 amide bonds. The minimum absolute atomic E-state index is 0.288. The molecule has 0 aliphatic carbocycles. The van der Waals surface area contributed by atoms with Crippen molar-refractivity contribution in [2.45, 2.75) is 24.7 Å². The van der Waals surface area contributed by atoms with Gasteiger partial charge in [-0.3, -0.25) is 0 Å². The van der Waals surface area contributed by atoms with E-state index in [9.17, 15) is 17.9 Å². The maximum absolute atomic E-state index is 12.9. The van der Waals surface area contributed by atoms with Crippen LogP contribution >= 0.6 is 0 Å². The number of aliphatic hydroxyl groups excluding tert-OH is 1. The second-order valence-electron chi connectivity index (χ2n) is 3.78. The summed E-state index contributed by atoms with van der Waals surface area (Å²) in [5.41, 5.74) is 0.289. The summed E-state index contributed by atoms with van der Waals surface area (Å²) in [5, 5.41) is 9.00. The molecule has 0 bridgehead atoms. The highest BCUT2D eigenvalue weighted by Crippen LogP contribution is 2.24. The van der Waals surface area contributed by atoms with Gasteiger partial charge < -0.3 is 5.11 Å². The SMILES string of the molecule is CCC(C(O)c1cccc(F)c1)S(C)(=O)=O. The first-order valence-electron chi connectivity index (χ1n) is 4.98. The quantitative estimate of drug-likeness (QED) is 0.879. The number of rotatable bonds is 4. The normalized spacial score (nSPS) is 15.8. The molecule has 0 aliphatic rings. The number of aliphatic hydroxyl groups is 1. The molecule has 2 unspecified atom stereocenters. The van der Waals surface area contributed by atoms with Gasteiger partial charge in [-0.2, -0.15) is 0 Å². The summed E-state index contributed by atoms with van der Waals surface area (Å²) in [6.45, 7) is 1.67. The molecule has 0 radical (unpaired) electrons. The average molecular weight is 246 g/mol. The summed E-state index contributed by atoms with van der Waals surface area (Å²) in [6.07, 6.45) is 0.177. The fraction of sp³-hybridized carbons (Fsp3) is 0.455. The lowest BCUT2D eigenvalue weighted by Gasteiger charge is -2.20. The van der Waals surface area contributed by atoms with Crippen molar-refractivity contribution in [1.82, 2.24) is 0 Å². The zero-order chi connectivity index (χ0) is 12.3. The molecule has 0 saturated heterocycles. The fourth-order valence-electron chi connectivity index (χ4n) is 1.67. The molecule has 1 aromatic rings. The van der Waals surface area contributed by atoms with E-state index in [-0.39, 0.29) is 12.0 Å². The Morgan fingerprint density at radius 1 is 1.44 bits per heavy atom. The molecule has 0 heterocycles. The number of hydrogen-bond acceptors (Lipinski definition) is 3. The molecule has 1 N–H and O–H groups in total. The summed E-state index contributed by atoms with van der Waals surface area (Å²) in [4.78, 5) is 0. The van der Waals surface area contributed by atoms with Gasteiger partial charge in [0.25, 0.3) is 0 Å². The standard InChI is InChI=1S/C11H15FO3S/c1-3-10(16(2,14)15)11(13)8-5-4-6-9(12)7-8/h4-7,10-11,13H,3H2,1-2H3. The number of hydrogen-bond donors (Lipinski definition) is 1. The molecule has 0 saturated carbocycles. The third kappa shape index (κ3) is 3.02. The number of halogens is 1. The molecule has 16 heavy (non-hydrogen) atoms. The van der Waals surface area contributed by atoms with E-state index in [1.807, 2.05) is 0 Å². The van der Waals surface area contributed by atoms with Gasteiger partial charge in [0.05, 0.1) is 11.4 Å². The Morgan fingerprint density at radius 2 is 2.06 bits per heavy atom. The summed E-state index contributed by atoms with van der Waals surface area (Å²) < 4.78 is 35.7. The highest BCUT2D eigenvalue weighted by Gasteiger charge is 2.28. The molecular weight excluding hydrogens is 231 g/mol. The molecule has 1 rings (SSSR count). The minimum atomic E-state index is -3.35. The lowest BCUT2D eigenvalue weighted by molar-refractivity contribution is 0.169. The molecule has 1 aromatic carbocycles. The largest absolute Gasteiger partial charge is 0.387 e. The van der Waals surface area contributed by atoms with Crippen LogP contribution in [0.5, 0.6) is 0 Å². The van der Waals surface area contributed by atoms with Crippen molar-refractivity contribution in [3.63, 3.8) is 0 Å². The van der Waals surface area contributed by atoms with E-state index >= 15 is 0 Å². The lowest BCUT2D eigenvalue weighted by Crippen LogP contribution is -2.26. The zero-order valence-electron chi connectivity index (χ0n) is 9.22. The van der Waals surface area contributed by atoms with Crippen LogP contribution in [0.4, 0.5) is 4.39 Å². The van der Waals surface area contributed by atoms with Gasteiger partial charge in [-0.1, -0.05) is 19.1 Å². The first-order valence-corrected chi connectivity index (χ1v) is 6.94. The highest BCUT2D eigenvalue weighted by molar-refractivity contribution is 7.91. The second kappa shape index (κ2) is 4.93. The topological polar surface area (TPSA) is 54.4 Å². The van der Waals surface area contributed by atoms with E-state index in [2.05, 4.69) is 0 Å². The van der Waals surface area contributed by atoms with Crippen molar-refractivity contribution in [2.24, 2.45) is 0 Å². The first kappa shape index (κ1) is 13.1. The summed E-state index contributed by atoms with van der Waals surface area (Å²) >= 11 is 0. The second-order valence-corrected chi connectivity index (χ2v) is 6.04. The highest BCUT2D eigenvalue weighted by atomic mass is 32.2. The molecule has 0 aromatic heterocycles. The van der Waals surface area contributed by atoms with Gasteiger partial charge in [0.1, 0.15) is 5.82 Å². The van der Waals surface area contributed by atoms with Gasteiger partial charge in [0, 0.05) is 6.26 Å². The molecule has 5 heteroatoms. The Bertz CT molecular complexity index is 456. The van der Waals surface area contributed by atoms with Gasteiger partial charge in [-0.25, -0.2) is 12.8 Å². The lowest BCUT2D eigenvalue weighted by atomic mass is 10.1. The van der Waals surface area contributed by atoms with Crippen molar-refractivity contribution < 1.29 is 17.9 Å². The molecule has 2 atom stereocenters. The van der Waals surface area contributed by atoms with E-state index < -0.39 is 27.0 Å². The number of benzene rings is 1. The van der Waals surface area contributed by atoms with Crippen LogP contribution in [0.25, 0.3) is 0 Å². The Morgan fingerprint density at radius 3 is 2.50 bits per heavy atom. The van der Waals surface area contributed by atoms with Crippen LogP contribution in [-0.2, 0) is 9.84 Å². The summed E-state index contributed by atoms with van der Waals surface area (Å²) in [5.74, 6) is -0.486. The van der Waals surface area contributed by atoms with Crippen LogP contribution in [-0.4, -0.2) is 25.0 Å². The summed E-state index contributed by atoms with van der Waals surface area (Å²) in [7, 11) is -3.35. The van der Waals surface area contributed by atoms with E-state index in [4.69, 9.17) is 0 Å². The molecule has 0 fully saturated rings. The molecular formula is C11H15FO3S. The van der Waals surface area contributed by atoms with Crippen LogP contribution in [0.3, 0.4) is 0 Å². The Kier molecular flexibility index (Phi) is 4.04. The Hall–Kier alpha value is -0.940. The maximum atomic E-state index is 12.9. The zero-order valence-corrected chi connectivity index (χ0v) is 10.0. The summed E-state index contributed by atoms with van der Waals surface area (Å²) in [6, 6.07) is 5.36. The van der Waals surface area contributed by atoms with Crippen molar-refractivity contribution >= 4 is 9.84 Å². The smallest absolute Gasteiger partial charge is 0.153 e. The third-order valence-electron chi connectivity index (χ3n) is 2.49. The van der Waals surface area contributed by atoms with Gasteiger partial charge in [0.15, 0.2) is 9.84 Å². The van der Waals surface area contributed by atoms with Crippen molar-refractivity contribution in [2.75, 3.05) is 6.26 Å². The Balaban J connectivity index is 3.05. The van der Waals surface area contributed by atoms with Gasteiger partial charge in [-0.15, -0.1) is 0 Å². The molecule has 0 spiro atoms. The van der Waals surface area contributed by atoms with Crippen LogP contribution in [0.1, 0.15) is 25.0 Å². The van der Waals surface area contributed by atoms with Crippen LogP contribution < -0.4 is 0 Å². The van der Waals surface area contributed by atoms with Crippen molar-refractivity contribution in [3.8, 4) is 0 Å². The van der Waals surface area contributed by atoms with Gasteiger partial charge in [-0.05, 0) is 24.1 Å². The van der Waals surface area contributed by atoms with Crippen LogP contribution in [0, 0.1) is 5.82 Å². The van der Waals surface area contributed by atoms with E-state index in [0.29, 0.717) is 0 Å². The fourth-order valence-corrected chi connectivity index (χ4v) is 2.90. The monoisotopic (exact) mass is 246 g/mol. The van der Waals surface area contributed by atoms with E-state index in [1.54, 1.807) is 6.92 Å². The molecule has 0 aliphatic heterocycles. The predicted molar refractivity (Wildman–Crippen MR) is 60.3 cm³/mol. The molecule has 3 nitrogen and oxygen atoms in total. The third-order valence-corrected chi connectivity index (χ3v) is 4.19. The first-order chi connectivity index (χ1) is 7.36. The van der Waals surface area contributed by atoms with E-state index in [0.717, 1.165) is 12.3 Å². The van der Waals surface area contributed by atoms with Gasteiger partial charge >= 0.3 is 0 Å². The van der Waals surface area contributed by atoms with Gasteiger partial charge in [0.2, 0.25) is 0 Å². The average Bonchev–Trinajstić information content (AvgIpc) is 2.16. The predicted octanol–water partition coefficient (Wildman–Crippen LogP) is 1.68. The Labute approximate surface area is 94.8 Å². The van der Waals surface area contributed by atoms with Crippen molar-refractivity contribution in [3.05, 3.63) is 35.6 Å². The maximum Gasteiger partial charge on any atom is 0.153 e. The van der Waals surface area contributed by atoms with Crippen LogP contribution in [0.15, 0.2) is 24.3 Å². The van der Waals surface area contributed by atoms with E-state index in [1.165, 1.54) is 18.2 Å². The van der Waals surface area contributed by atoms with Crippen LogP contribution in [0.2, 0.25) is 0 Å². The number of sulfone groups is 1.